The number of oxazole rings is 1. The fourth-order valence-corrected chi connectivity index (χ4v) is 3.63. The maximum atomic E-state index is 9.52. The van der Waals surface area contributed by atoms with Gasteiger partial charge in [0.1, 0.15) is 24.2 Å². The highest BCUT2D eigenvalue weighted by Crippen LogP contribution is 2.31. The van der Waals surface area contributed by atoms with Crippen LogP contribution in [0.1, 0.15) is 36.4 Å². The topological polar surface area (TPSA) is 84.7 Å². The van der Waals surface area contributed by atoms with E-state index in [0.29, 0.717) is 37.1 Å². The molecular weight excluding hydrogens is 382 g/mol. The minimum atomic E-state index is 0.0475. The molecule has 1 aliphatic heterocycles. The summed E-state index contributed by atoms with van der Waals surface area (Å²) in [6.45, 7) is 9.61. The van der Waals surface area contributed by atoms with Crippen LogP contribution in [-0.2, 0) is 11.3 Å². The minimum absolute atomic E-state index is 0.0475. The summed E-state index contributed by atoms with van der Waals surface area (Å²) in [5, 5.41) is 9.52. The number of aryl methyl sites for hydroxylation is 2. The standard InChI is InChI=1S/C23H25N3O4/c1-14-5-6-15(2)21(9-14)27-13-18-7-8-20(29-18)22-25-19(10-24)23(30-22)26-11-16(3)28-17(4)12-26/h5-9,16-17H,11-13H2,1-4H3. The normalized spacial score (nSPS) is 19.0. The van der Waals surface area contributed by atoms with E-state index >= 15 is 0 Å². The van der Waals surface area contributed by atoms with Crippen molar-refractivity contribution >= 4 is 5.88 Å². The van der Waals surface area contributed by atoms with Crippen molar-refractivity contribution in [3.8, 4) is 23.5 Å². The second kappa shape index (κ2) is 8.25. The van der Waals surface area contributed by atoms with E-state index in [9.17, 15) is 5.26 Å². The van der Waals surface area contributed by atoms with E-state index in [2.05, 4.69) is 17.1 Å². The van der Waals surface area contributed by atoms with Crippen LogP contribution in [0, 0.1) is 25.2 Å². The van der Waals surface area contributed by atoms with Gasteiger partial charge < -0.3 is 23.2 Å². The Morgan fingerprint density at radius 2 is 1.90 bits per heavy atom. The van der Waals surface area contributed by atoms with Crippen molar-refractivity contribution in [2.45, 2.75) is 46.5 Å². The first-order valence-electron chi connectivity index (χ1n) is 10.0. The maximum absolute atomic E-state index is 9.52. The summed E-state index contributed by atoms with van der Waals surface area (Å²) in [6, 6.07) is 11.8. The first-order chi connectivity index (χ1) is 14.4. The van der Waals surface area contributed by atoms with Crippen LogP contribution in [0.5, 0.6) is 5.75 Å². The van der Waals surface area contributed by atoms with E-state index in [1.807, 2.05) is 50.8 Å². The lowest BCUT2D eigenvalue weighted by Gasteiger charge is -2.34. The van der Waals surface area contributed by atoms with Crippen molar-refractivity contribution < 1.29 is 18.3 Å². The average Bonchev–Trinajstić information content (AvgIpc) is 3.34. The molecule has 0 saturated carbocycles. The van der Waals surface area contributed by atoms with Crippen LogP contribution in [0.15, 0.2) is 39.2 Å². The number of rotatable bonds is 5. The third-order valence-electron chi connectivity index (χ3n) is 5.01. The van der Waals surface area contributed by atoms with Gasteiger partial charge in [0, 0.05) is 13.1 Å². The largest absolute Gasteiger partial charge is 0.485 e. The molecule has 30 heavy (non-hydrogen) atoms. The van der Waals surface area contributed by atoms with Gasteiger partial charge in [-0.15, -0.1) is 0 Å². The van der Waals surface area contributed by atoms with E-state index in [0.717, 1.165) is 16.9 Å². The summed E-state index contributed by atoms with van der Waals surface area (Å²) < 4.78 is 23.5. The minimum Gasteiger partial charge on any atom is -0.485 e. The SMILES string of the molecule is Cc1ccc(C)c(OCc2ccc(-c3nc(C#N)c(N4CC(C)OC(C)C4)o3)o2)c1. The Bertz CT molecular complexity index is 1070. The highest BCUT2D eigenvalue weighted by molar-refractivity contribution is 5.56. The summed E-state index contributed by atoms with van der Waals surface area (Å²) >= 11 is 0. The number of ether oxygens (including phenoxy) is 2. The molecule has 7 heteroatoms. The van der Waals surface area contributed by atoms with Crippen molar-refractivity contribution in [3.05, 3.63) is 52.9 Å². The van der Waals surface area contributed by atoms with Crippen LogP contribution in [0.2, 0.25) is 0 Å². The lowest BCUT2D eigenvalue weighted by atomic mass is 10.1. The molecule has 0 amide bonds. The second-order valence-corrected chi connectivity index (χ2v) is 7.77. The Balaban J connectivity index is 1.51. The van der Waals surface area contributed by atoms with E-state index < -0.39 is 0 Å². The van der Waals surface area contributed by atoms with E-state index in [1.54, 1.807) is 6.07 Å². The molecular formula is C23H25N3O4. The molecule has 3 heterocycles. The van der Waals surface area contributed by atoms with Crippen LogP contribution < -0.4 is 9.64 Å². The third kappa shape index (κ3) is 4.19. The Hall–Kier alpha value is -3.24. The maximum Gasteiger partial charge on any atom is 0.266 e. The van der Waals surface area contributed by atoms with Gasteiger partial charge in [0.15, 0.2) is 5.76 Å². The Morgan fingerprint density at radius 3 is 2.63 bits per heavy atom. The fourth-order valence-electron chi connectivity index (χ4n) is 3.63. The van der Waals surface area contributed by atoms with Gasteiger partial charge in [-0.2, -0.15) is 10.2 Å². The molecule has 2 unspecified atom stereocenters. The van der Waals surface area contributed by atoms with E-state index in [-0.39, 0.29) is 23.8 Å². The Labute approximate surface area is 175 Å². The van der Waals surface area contributed by atoms with Crippen LogP contribution in [0.4, 0.5) is 5.88 Å². The van der Waals surface area contributed by atoms with Gasteiger partial charge in [-0.05, 0) is 57.0 Å². The molecule has 0 aliphatic carbocycles. The highest BCUT2D eigenvalue weighted by atomic mass is 16.5. The molecule has 0 N–H and O–H groups in total. The average molecular weight is 407 g/mol. The molecule has 0 bridgehead atoms. The molecule has 0 spiro atoms. The first-order valence-corrected chi connectivity index (χ1v) is 10.0. The molecule has 1 fully saturated rings. The molecule has 1 saturated heterocycles. The van der Waals surface area contributed by atoms with Crippen molar-refractivity contribution in [2.75, 3.05) is 18.0 Å². The lowest BCUT2D eigenvalue weighted by Crippen LogP contribution is -2.45. The number of nitriles is 1. The van der Waals surface area contributed by atoms with Crippen LogP contribution in [-0.4, -0.2) is 30.3 Å². The summed E-state index contributed by atoms with van der Waals surface area (Å²) in [6.07, 6.45) is 0.0950. The van der Waals surface area contributed by atoms with Crippen molar-refractivity contribution in [1.82, 2.24) is 4.98 Å². The number of aromatic nitrogens is 1. The van der Waals surface area contributed by atoms with Gasteiger partial charge in [-0.3, -0.25) is 0 Å². The molecule has 2 atom stereocenters. The molecule has 156 valence electrons. The summed E-state index contributed by atoms with van der Waals surface area (Å²) in [5.41, 5.74) is 2.45. The smallest absolute Gasteiger partial charge is 0.266 e. The number of anilines is 1. The highest BCUT2D eigenvalue weighted by Gasteiger charge is 2.28. The van der Waals surface area contributed by atoms with Crippen molar-refractivity contribution in [3.63, 3.8) is 0 Å². The predicted molar refractivity (Wildman–Crippen MR) is 111 cm³/mol. The molecule has 7 nitrogen and oxygen atoms in total. The van der Waals surface area contributed by atoms with Crippen LogP contribution >= 0.6 is 0 Å². The van der Waals surface area contributed by atoms with Gasteiger partial charge >= 0.3 is 0 Å². The fraction of sp³-hybridized carbons (Fsp3) is 0.391. The second-order valence-electron chi connectivity index (χ2n) is 7.77. The predicted octanol–water partition coefficient (Wildman–Crippen LogP) is 4.62. The molecule has 3 aromatic rings. The molecule has 1 aromatic carbocycles. The molecule has 1 aliphatic rings. The van der Waals surface area contributed by atoms with E-state index in [1.165, 1.54) is 0 Å². The van der Waals surface area contributed by atoms with Crippen LogP contribution in [0.25, 0.3) is 11.7 Å². The third-order valence-corrected chi connectivity index (χ3v) is 5.01. The number of hydrogen-bond acceptors (Lipinski definition) is 7. The van der Waals surface area contributed by atoms with Gasteiger partial charge in [0.25, 0.3) is 5.89 Å². The number of furan rings is 1. The summed E-state index contributed by atoms with van der Waals surface area (Å²) in [5.74, 6) is 2.68. The molecule has 2 aromatic heterocycles. The summed E-state index contributed by atoms with van der Waals surface area (Å²) in [7, 11) is 0. The summed E-state index contributed by atoms with van der Waals surface area (Å²) in [4.78, 5) is 6.34. The zero-order valence-corrected chi connectivity index (χ0v) is 17.6. The monoisotopic (exact) mass is 407 g/mol. The number of hydrogen-bond donors (Lipinski definition) is 0. The number of nitrogens with zero attached hydrogens (tertiary/aromatic N) is 3. The van der Waals surface area contributed by atoms with Crippen molar-refractivity contribution in [2.24, 2.45) is 0 Å². The Morgan fingerprint density at radius 1 is 1.13 bits per heavy atom. The number of morpholine rings is 1. The Kier molecular flexibility index (Phi) is 5.51. The first kappa shape index (κ1) is 20.0. The van der Waals surface area contributed by atoms with E-state index in [4.69, 9.17) is 18.3 Å². The van der Waals surface area contributed by atoms with Gasteiger partial charge in [-0.1, -0.05) is 12.1 Å². The van der Waals surface area contributed by atoms with Gasteiger partial charge in [0.2, 0.25) is 11.6 Å². The molecule has 0 radical (unpaired) electrons. The zero-order chi connectivity index (χ0) is 21.3. The quantitative estimate of drug-likeness (QED) is 0.610. The van der Waals surface area contributed by atoms with Crippen molar-refractivity contribution in [1.29, 1.82) is 5.26 Å². The zero-order valence-electron chi connectivity index (χ0n) is 17.6. The van der Waals surface area contributed by atoms with Gasteiger partial charge in [0.05, 0.1) is 12.2 Å². The van der Waals surface area contributed by atoms with Crippen LogP contribution in [0.3, 0.4) is 0 Å². The van der Waals surface area contributed by atoms with Gasteiger partial charge in [-0.25, -0.2) is 0 Å². The lowest BCUT2D eigenvalue weighted by molar-refractivity contribution is -0.00639. The number of benzene rings is 1. The molecule has 4 rings (SSSR count).